The van der Waals surface area contributed by atoms with Gasteiger partial charge >= 0.3 is 0 Å². The smallest absolute Gasteiger partial charge is 0.250 e. The second-order valence-corrected chi connectivity index (χ2v) is 2.96. The van der Waals surface area contributed by atoms with Gasteiger partial charge in [-0.25, -0.2) is 0 Å². The van der Waals surface area contributed by atoms with Crippen LogP contribution < -0.4 is 5.73 Å². The molecule has 0 aromatic heterocycles. The minimum absolute atomic E-state index is 0.0618. The number of hydrogen-bond acceptors (Lipinski definition) is 1. The quantitative estimate of drug-likeness (QED) is 0.506. The van der Waals surface area contributed by atoms with E-state index < -0.39 is 0 Å². The number of nitrogens with two attached hydrogens (primary N) is 1. The monoisotopic (exact) mass is 166 g/mol. The Labute approximate surface area is 72.4 Å². The highest BCUT2D eigenvalue weighted by molar-refractivity contribution is 6.01. The molecule has 66 valence electrons. The van der Waals surface area contributed by atoms with Crippen molar-refractivity contribution in [3.05, 3.63) is 12.2 Å². The van der Waals surface area contributed by atoms with Crippen LogP contribution in [-0.2, 0) is 4.79 Å². The molecule has 0 aliphatic heterocycles. The molecule has 0 atom stereocenters. The fourth-order valence-electron chi connectivity index (χ4n) is 0.825. The summed E-state index contributed by atoms with van der Waals surface area (Å²) in [4.78, 5) is 14.8. The molecule has 12 heavy (non-hydrogen) atoms. The minimum atomic E-state index is -0.0618. The zero-order chi connectivity index (χ0) is 8.97. The van der Waals surface area contributed by atoms with Crippen molar-refractivity contribution in [3.63, 3.8) is 0 Å². The Balaban J connectivity index is 2.42. The van der Waals surface area contributed by atoms with Gasteiger partial charge in [-0.15, -0.1) is 0 Å². The number of nitrogens with zero attached hydrogens (tertiary/aromatic N) is 1. The summed E-state index contributed by atoms with van der Waals surface area (Å²) in [6.45, 7) is 2.01. The summed E-state index contributed by atoms with van der Waals surface area (Å²) in [6, 6.07) is 0. The first-order valence-corrected chi connectivity index (χ1v) is 4.28. The first-order chi connectivity index (χ1) is 5.74. The number of allylic oxidation sites excluding steroid dienone is 1. The van der Waals surface area contributed by atoms with Crippen LogP contribution in [0.5, 0.6) is 0 Å². The first-order valence-electron chi connectivity index (χ1n) is 4.28. The Bertz CT molecular complexity index is 227. The summed E-state index contributed by atoms with van der Waals surface area (Å²) in [6.07, 6.45) is 6.44. The third kappa shape index (κ3) is 2.86. The molecule has 3 nitrogen and oxygen atoms in total. The third-order valence-corrected chi connectivity index (χ3v) is 1.69. The molecule has 1 fully saturated rings. The molecular weight excluding hydrogens is 152 g/mol. The predicted molar refractivity (Wildman–Crippen MR) is 48.8 cm³/mol. The zero-order valence-electron chi connectivity index (χ0n) is 7.29. The van der Waals surface area contributed by atoms with E-state index >= 15 is 0 Å². The maximum atomic E-state index is 11.1. The van der Waals surface area contributed by atoms with Gasteiger partial charge in [0, 0.05) is 5.92 Å². The lowest BCUT2D eigenvalue weighted by Gasteiger charge is -1.90. The van der Waals surface area contributed by atoms with Crippen molar-refractivity contribution in [2.24, 2.45) is 16.6 Å². The van der Waals surface area contributed by atoms with Crippen LogP contribution in [0.3, 0.4) is 0 Å². The zero-order valence-corrected chi connectivity index (χ0v) is 7.29. The fraction of sp³-hybridized carbons (Fsp3) is 0.556. The Morgan fingerprint density at radius 3 is 2.83 bits per heavy atom. The van der Waals surface area contributed by atoms with Gasteiger partial charge in [-0.05, 0) is 25.3 Å². The molecule has 1 aliphatic rings. The van der Waals surface area contributed by atoms with Crippen LogP contribution in [0.1, 0.15) is 26.2 Å². The molecule has 3 heteroatoms. The molecule has 0 saturated heterocycles. The van der Waals surface area contributed by atoms with E-state index in [1.807, 2.05) is 13.0 Å². The van der Waals surface area contributed by atoms with E-state index in [0.717, 1.165) is 19.3 Å². The Morgan fingerprint density at radius 2 is 2.33 bits per heavy atom. The molecule has 0 bridgehead atoms. The Kier molecular flexibility index (Phi) is 3.02. The second-order valence-electron chi connectivity index (χ2n) is 2.96. The molecule has 2 N–H and O–H groups in total. The third-order valence-electron chi connectivity index (χ3n) is 1.69. The summed E-state index contributed by atoms with van der Waals surface area (Å²) in [5.74, 6) is 0.431. The normalized spacial score (nSPS) is 18.6. The van der Waals surface area contributed by atoms with Crippen molar-refractivity contribution in [2.75, 3.05) is 0 Å². The average molecular weight is 166 g/mol. The highest BCUT2D eigenvalue weighted by Gasteiger charge is 2.29. The van der Waals surface area contributed by atoms with Gasteiger partial charge in [0.2, 0.25) is 0 Å². The molecule has 0 aromatic rings. The standard InChI is InChI=1S/C9H14N2O/c1-2-3-4-8(10)11-9(12)7-5-6-7/h3-4,7H,2,5-6H2,1H3,(H2,10,11,12)/b4-3+. The van der Waals surface area contributed by atoms with Crippen LogP contribution >= 0.6 is 0 Å². The largest absolute Gasteiger partial charge is 0.384 e. The Morgan fingerprint density at radius 1 is 1.67 bits per heavy atom. The molecule has 0 spiro atoms. The number of amidine groups is 1. The van der Waals surface area contributed by atoms with Crippen LogP contribution in [0.25, 0.3) is 0 Å². The van der Waals surface area contributed by atoms with Crippen molar-refractivity contribution in [1.82, 2.24) is 0 Å². The number of aliphatic imine (C=N–C) groups is 1. The summed E-state index contributed by atoms with van der Waals surface area (Å²) in [5, 5.41) is 0. The van der Waals surface area contributed by atoms with Gasteiger partial charge in [-0.2, -0.15) is 4.99 Å². The highest BCUT2D eigenvalue weighted by Crippen LogP contribution is 2.29. The van der Waals surface area contributed by atoms with Gasteiger partial charge in [0.1, 0.15) is 5.84 Å². The van der Waals surface area contributed by atoms with Gasteiger partial charge in [-0.1, -0.05) is 13.0 Å². The maximum Gasteiger partial charge on any atom is 0.250 e. The van der Waals surface area contributed by atoms with E-state index in [0.29, 0.717) is 5.84 Å². The van der Waals surface area contributed by atoms with Gasteiger partial charge in [0.25, 0.3) is 5.91 Å². The van der Waals surface area contributed by atoms with E-state index in [1.165, 1.54) is 0 Å². The molecule has 1 rings (SSSR count). The number of amides is 1. The first kappa shape index (κ1) is 8.97. The summed E-state index contributed by atoms with van der Waals surface area (Å²) in [5.41, 5.74) is 5.47. The lowest BCUT2D eigenvalue weighted by atomic mass is 10.4. The van der Waals surface area contributed by atoms with Crippen LogP contribution in [-0.4, -0.2) is 11.7 Å². The molecular formula is C9H14N2O. The van der Waals surface area contributed by atoms with Gasteiger partial charge in [0.15, 0.2) is 0 Å². The van der Waals surface area contributed by atoms with E-state index in [9.17, 15) is 4.79 Å². The number of rotatable bonds is 3. The number of carbonyl (C=O) groups is 1. The maximum absolute atomic E-state index is 11.1. The molecule has 0 heterocycles. The van der Waals surface area contributed by atoms with E-state index in [-0.39, 0.29) is 11.8 Å². The molecule has 0 unspecified atom stereocenters. The fourth-order valence-corrected chi connectivity index (χ4v) is 0.825. The van der Waals surface area contributed by atoms with Gasteiger partial charge in [0.05, 0.1) is 0 Å². The summed E-state index contributed by atoms with van der Waals surface area (Å²) in [7, 11) is 0. The Hall–Kier alpha value is -1.12. The van der Waals surface area contributed by atoms with Crippen molar-refractivity contribution < 1.29 is 4.79 Å². The number of hydrogen-bond donors (Lipinski definition) is 1. The molecule has 1 amide bonds. The molecule has 0 radical (unpaired) electrons. The van der Waals surface area contributed by atoms with Crippen molar-refractivity contribution in [1.29, 1.82) is 0 Å². The topological polar surface area (TPSA) is 55.4 Å². The lowest BCUT2D eigenvalue weighted by Crippen LogP contribution is -2.11. The van der Waals surface area contributed by atoms with E-state index in [1.54, 1.807) is 6.08 Å². The average Bonchev–Trinajstić information content (AvgIpc) is 2.82. The van der Waals surface area contributed by atoms with E-state index in [4.69, 9.17) is 5.73 Å². The van der Waals surface area contributed by atoms with Gasteiger partial charge in [-0.3, -0.25) is 4.79 Å². The predicted octanol–water partition coefficient (Wildman–Crippen LogP) is 1.25. The van der Waals surface area contributed by atoms with Gasteiger partial charge < -0.3 is 5.73 Å². The van der Waals surface area contributed by atoms with Crippen LogP contribution in [0.15, 0.2) is 17.1 Å². The molecule has 1 aliphatic carbocycles. The van der Waals surface area contributed by atoms with Crippen LogP contribution in [0.2, 0.25) is 0 Å². The lowest BCUT2D eigenvalue weighted by molar-refractivity contribution is -0.118. The van der Waals surface area contributed by atoms with Crippen molar-refractivity contribution >= 4 is 11.7 Å². The second kappa shape index (κ2) is 4.04. The summed E-state index contributed by atoms with van der Waals surface area (Å²) >= 11 is 0. The molecule has 0 aromatic carbocycles. The molecule has 1 saturated carbocycles. The summed E-state index contributed by atoms with van der Waals surface area (Å²) < 4.78 is 0. The van der Waals surface area contributed by atoms with E-state index in [2.05, 4.69) is 4.99 Å². The minimum Gasteiger partial charge on any atom is -0.384 e. The van der Waals surface area contributed by atoms with Crippen LogP contribution in [0.4, 0.5) is 0 Å². The van der Waals surface area contributed by atoms with Crippen molar-refractivity contribution in [2.45, 2.75) is 26.2 Å². The SMILES string of the molecule is CC/C=C/C(N)=NC(=O)C1CC1. The van der Waals surface area contributed by atoms with Crippen molar-refractivity contribution in [3.8, 4) is 0 Å². The number of carbonyl (C=O) groups excluding carboxylic acids is 1. The van der Waals surface area contributed by atoms with Crippen LogP contribution in [0, 0.1) is 5.92 Å². The highest BCUT2D eigenvalue weighted by atomic mass is 16.1.